The Balaban J connectivity index is 2.05. The summed E-state index contributed by atoms with van der Waals surface area (Å²) in [5.41, 5.74) is 2.12. The number of benzene rings is 2. The standard InChI is InChI=1S/C20H26N2O2S/c1-14(2)13-19(15-5-9-17(23-3)10-6-15)22-20(25)21-16-7-11-18(24-4)12-8-16/h5-12,14,19H,13H2,1-4H3,(H2,21,22,25)/t19-/m1/s1. The molecule has 2 N–H and O–H groups in total. The molecule has 2 aromatic rings. The lowest BCUT2D eigenvalue weighted by atomic mass is 9.97. The highest BCUT2D eigenvalue weighted by atomic mass is 32.1. The maximum atomic E-state index is 5.50. The fourth-order valence-corrected chi connectivity index (χ4v) is 2.85. The molecule has 0 aliphatic rings. The largest absolute Gasteiger partial charge is 0.497 e. The zero-order valence-corrected chi connectivity index (χ0v) is 16.0. The van der Waals surface area contributed by atoms with Gasteiger partial charge in [-0.05, 0) is 66.5 Å². The summed E-state index contributed by atoms with van der Waals surface area (Å²) in [4.78, 5) is 0. The van der Waals surface area contributed by atoms with Crippen LogP contribution in [0.3, 0.4) is 0 Å². The summed E-state index contributed by atoms with van der Waals surface area (Å²) >= 11 is 5.50. The Kier molecular flexibility index (Phi) is 7.07. The maximum absolute atomic E-state index is 5.50. The van der Waals surface area contributed by atoms with Crippen molar-refractivity contribution in [3.63, 3.8) is 0 Å². The Morgan fingerprint density at radius 1 is 0.920 bits per heavy atom. The van der Waals surface area contributed by atoms with Crippen molar-refractivity contribution >= 4 is 23.0 Å². The Hall–Kier alpha value is -2.27. The molecule has 134 valence electrons. The van der Waals surface area contributed by atoms with E-state index in [0.717, 1.165) is 23.6 Å². The van der Waals surface area contributed by atoms with Gasteiger partial charge in [-0.1, -0.05) is 26.0 Å². The monoisotopic (exact) mass is 358 g/mol. The van der Waals surface area contributed by atoms with Crippen LogP contribution in [0.1, 0.15) is 31.9 Å². The molecule has 0 aromatic heterocycles. The average Bonchev–Trinajstić information content (AvgIpc) is 2.61. The summed E-state index contributed by atoms with van der Waals surface area (Å²) < 4.78 is 10.4. The molecular formula is C20H26N2O2S. The van der Waals surface area contributed by atoms with Gasteiger partial charge < -0.3 is 20.1 Å². The van der Waals surface area contributed by atoms with Crippen LogP contribution < -0.4 is 20.1 Å². The molecule has 0 aliphatic heterocycles. The Bertz CT molecular complexity index is 669. The van der Waals surface area contributed by atoms with E-state index in [-0.39, 0.29) is 6.04 Å². The van der Waals surface area contributed by atoms with Crippen LogP contribution in [0.4, 0.5) is 5.69 Å². The topological polar surface area (TPSA) is 42.5 Å². The van der Waals surface area contributed by atoms with Crippen LogP contribution in [0, 0.1) is 5.92 Å². The van der Waals surface area contributed by atoms with Crippen molar-refractivity contribution < 1.29 is 9.47 Å². The summed E-state index contributed by atoms with van der Waals surface area (Å²) in [7, 11) is 3.33. The highest BCUT2D eigenvalue weighted by Gasteiger charge is 2.15. The predicted molar refractivity (Wildman–Crippen MR) is 108 cm³/mol. The molecular weight excluding hydrogens is 332 g/mol. The van der Waals surface area contributed by atoms with Crippen LogP contribution >= 0.6 is 12.2 Å². The van der Waals surface area contributed by atoms with E-state index in [1.807, 2.05) is 36.4 Å². The van der Waals surface area contributed by atoms with E-state index in [0.29, 0.717) is 11.0 Å². The third-order valence-electron chi connectivity index (χ3n) is 3.88. The molecule has 0 radical (unpaired) electrons. The van der Waals surface area contributed by atoms with Gasteiger partial charge in [0.05, 0.1) is 20.3 Å². The van der Waals surface area contributed by atoms with Gasteiger partial charge in [-0.3, -0.25) is 0 Å². The molecule has 0 spiro atoms. The van der Waals surface area contributed by atoms with E-state index in [1.165, 1.54) is 5.56 Å². The molecule has 0 fully saturated rings. The molecule has 0 saturated carbocycles. The number of thiocarbonyl (C=S) groups is 1. The van der Waals surface area contributed by atoms with Gasteiger partial charge in [-0.25, -0.2) is 0 Å². The van der Waals surface area contributed by atoms with Gasteiger partial charge in [-0.2, -0.15) is 0 Å². The van der Waals surface area contributed by atoms with Gasteiger partial charge in [-0.15, -0.1) is 0 Å². The molecule has 0 aliphatic carbocycles. The normalized spacial score (nSPS) is 11.7. The Labute approximate surface area is 155 Å². The number of methoxy groups -OCH3 is 2. The molecule has 1 atom stereocenters. The lowest BCUT2D eigenvalue weighted by Crippen LogP contribution is -2.33. The summed E-state index contributed by atoms with van der Waals surface area (Å²) in [6.07, 6.45) is 0.983. The lowest BCUT2D eigenvalue weighted by molar-refractivity contribution is 0.414. The Morgan fingerprint density at radius 3 is 1.92 bits per heavy atom. The third kappa shape index (κ3) is 5.94. The molecule has 5 heteroatoms. The second kappa shape index (κ2) is 9.28. The van der Waals surface area contributed by atoms with E-state index in [9.17, 15) is 0 Å². The minimum Gasteiger partial charge on any atom is -0.497 e. The van der Waals surface area contributed by atoms with Crippen molar-refractivity contribution in [1.29, 1.82) is 0 Å². The van der Waals surface area contributed by atoms with E-state index >= 15 is 0 Å². The first-order valence-electron chi connectivity index (χ1n) is 8.37. The van der Waals surface area contributed by atoms with Crippen molar-refractivity contribution in [2.24, 2.45) is 5.92 Å². The number of anilines is 1. The van der Waals surface area contributed by atoms with Crippen LogP contribution in [0.5, 0.6) is 11.5 Å². The highest BCUT2D eigenvalue weighted by Crippen LogP contribution is 2.24. The number of ether oxygens (including phenoxy) is 2. The SMILES string of the molecule is COc1ccc(NC(=S)N[C@H](CC(C)C)c2ccc(OC)cc2)cc1. The van der Waals surface area contributed by atoms with Crippen molar-refractivity contribution in [2.45, 2.75) is 26.3 Å². The summed E-state index contributed by atoms with van der Waals surface area (Å²) in [5.74, 6) is 2.22. The van der Waals surface area contributed by atoms with Crippen molar-refractivity contribution in [3.05, 3.63) is 54.1 Å². The van der Waals surface area contributed by atoms with E-state index in [2.05, 4.69) is 36.6 Å². The smallest absolute Gasteiger partial charge is 0.171 e. The molecule has 0 bridgehead atoms. The summed E-state index contributed by atoms with van der Waals surface area (Å²) in [6.45, 7) is 4.41. The molecule has 0 unspecified atom stereocenters. The first kappa shape index (κ1) is 19.1. The molecule has 25 heavy (non-hydrogen) atoms. The minimum atomic E-state index is 0.143. The second-order valence-electron chi connectivity index (χ2n) is 6.28. The second-order valence-corrected chi connectivity index (χ2v) is 6.69. The number of nitrogens with one attached hydrogen (secondary N) is 2. The van der Waals surface area contributed by atoms with Gasteiger partial charge in [0.1, 0.15) is 11.5 Å². The van der Waals surface area contributed by atoms with Crippen LogP contribution in [-0.4, -0.2) is 19.3 Å². The van der Waals surface area contributed by atoms with Gasteiger partial charge in [0.2, 0.25) is 0 Å². The van der Waals surface area contributed by atoms with E-state index in [4.69, 9.17) is 21.7 Å². The molecule has 2 rings (SSSR count). The number of rotatable bonds is 7. The zero-order chi connectivity index (χ0) is 18.2. The van der Waals surface area contributed by atoms with Crippen LogP contribution in [0.2, 0.25) is 0 Å². The first-order chi connectivity index (χ1) is 12.0. The predicted octanol–water partition coefficient (Wildman–Crippen LogP) is 4.78. The van der Waals surface area contributed by atoms with E-state index < -0.39 is 0 Å². The quantitative estimate of drug-likeness (QED) is 0.698. The van der Waals surface area contributed by atoms with Gasteiger partial charge >= 0.3 is 0 Å². The van der Waals surface area contributed by atoms with Crippen LogP contribution in [0.25, 0.3) is 0 Å². The fraction of sp³-hybridized carbons (Fsp3) is 0.350. The zero-order valence-electron chi connectivity index (χ0n) is 15.2. The van der Waals surface area contributed by atoms with Crippen LogP contribution in [0.15, 0.2) is 48.5 Å². The molecule has 2 aromatic carbocycles. The first-order valence-corrected chi connectivity index (χ1v) is 8.78. The molecule has 0 saturated heterocycles. The fourth-order valence-electron chi connectivity index (χ4n) is 2.59. The summed E-state index contributed by atoms with van der Waals surface area (Å²) in [5, 5.41) is 7.26. The van der Waals surface area contributed by atoms with Crippen molar-refractivity contribution in [2.75, 3.05) is 19.5 Å². The summed E-state index contributed by atoms with van der Waals surface area (Å²) in [6, 6.07) is 15.9. The Morgan fingerprint density at radius 2 is 1.44 bits per heavy atom. The highest BCUT2D eigenvalue weighted by molar-refractivity contribution is 7.80. The minimum absolute atomic E-state index is 0.143. The van der Waals surface area contributed by atoms with Gasteiger partial charge in [0.25, 0.3) is 0 Å². The maximum Gasteiger partial charge on any atom is 0.171 e. The van der Waals surface area contributed by atoms with Gasteiger partial charge in [0, 0.05) is 5.69 Å². The van der Waals surface area contributed by atoms with Crippen molar-refractivity contribution in [3.8, 4) is 11.5 Å². The number of hydrogen-bond acceptors (Lipinski definition) is 3. The van der Waals surface area contributed by atoms with Crippen molar-refractivity contribution in [1.82, 2.24) is 5.32 Å². The number of hydrogen-bond donors (Lipinski definition) is 2. The van der Waals surface area contributed by atoms with Gasteiger partial charge in [0.15, 0.2) is 5.11 Å². The van der Waals surface area contributed by atoms with Crippen LogP contribution in [-0.2, 0) is 0 Å². The van der Waals surface area contributed by atoms with E-state index in [1.54, 1.807) is 14.2 Å². The lowest BCUT2D eigenvalue weighted by Gasteiger charge is -2.23. The third-order valence-corrected chi connectivity index (χ3v) is 4.10. The molecule has 4 nitrogen and oxygen atoms in total. The average molecular weight is 359 g/mol. The molecule has 0 heterocycles. The molecule has 0 amide bonds.